The maximum Gasteiger partial charge on any atom is 0.351 e. The number of rotatable bonds is 4. The first-order valence-corrected chi connectivity index (χ1v) is 7.72. The van der Waals surface area contributed by atoms with Crippen LogP contribution < -0.4 is 9.47 Å². The number of hydrogen-bond acceptors (Lipinski definition) is 7. The van der Waals surface area contributed by atoms with Gasteiger partial charge in [-0.05, 0) is 24.3 Å². The molecule has 0 unspecified atom stereocenters. The number of carbonyl (C=O) groups is 1. The summed E-state index contributed by atoms with van der Waals surface area (Å²) < 4.78 is 21.8. The Labute approximate surface area is 143 Å². The van der Waals surface area contributed by atoms with Gasteiger partial charge in [-0.25, -0.2) is 4.79 Å². The molecule has 1 atom stereocenters. The number of carbonyl (C=O) groups excluding carboxylic acids is 1. The Morgan fingerprint density at radius 3 is 2.64 bits per heavy atom. The van der Waals surface area contributed by atoms with Gasteiger partial charge in [0.15, 0.2) is 18.1 Å². The summed E-state index contributed by atoms with van der Waals surface area (Å²) in [4.78, 5) is 12.1. The molecule has 1 aromatic heterocycles. The maximum atomic E-state index is 12.1. The van der Waals surface area contributed by atoms with Crippen molar-refractivity contribution in [2.45, 2.75) is 12.7 Å². The summed E-state index contributed by atoms with van der Waals surface area (Å²) in [6, 6.07) is 16.5. The van der Waals surface area contributed by atoms with E-state index in [1.165, 1.54) is 0 Å². The highest BCUT2D eigenvalue weighted by molar-refractivity contribution is 5.75. The number of fused-ring (bicyclic) bond motifs is 1. The number of nitrogens with zero attached hydrogens (tertiary/aromatic N) is 2. The molecular formula is C18H14N2O5. The summed E-state index contributed by atoms with van der Waals surface area (Å²) in [6.07, 6.45) is -0.827. The first kappa shape index (κ1) is 15.2. The third-order valence-electron chi connectivity index (χ3n) is 3.60. The average molecular weight is 338 g/mol. The number of benzene rings is 2. The van der Waals surface area contributed by atoms with E-state index < -0.39 is 12.1 Å². The van der Waals surface area contributed by atoms with Crippen molar-refractivity contribution in [3.05, 3.63) is 60.5 Å². The van der Waals surface area contributed by atoms with Crippen LogP contribution in [0.3, 0.4) is 0 Å². The molecule has 25 heavy (non-hydrogen) atoms. The Morgan fingerprint density at radius 2 is 1.80 bits per heavy atom. The van der Waals surface area contributed by atoms with E-state index in [1.54, 1.807) is 18.2 Å². The summed E-state index contributed by atoms with van der Waals surface area (Å²) >= 11 is 0. The van der Waals surface area contributed by atoms with E-state index in [0.717, 1.165) is 5.56 Å². The van der Waals surface area contributed by atoms with Crippen LogP contribution in [0.25, 0.3) is 11.5 Å². The van der Waals surface area contributed by atoms with Crippen LogP contribution >= 0.6 is 0 Å². The minimum atomic E-state index is -0.827. The molecule has 1 aliphatic heterocycles. The Kier molecular flexibility index (Phi) is 4.04. The third-order valence-corrected chi connectivity index (χ3v) is 3.60. The Balaban J connectivity index is 1.36. The van der Waals surface area contributed by atoms with Crippen LogP contribution in [0.2, 0.25) is 0 Å². The Bertz CT molecular complexity index is 878. The standard InChI is InChI=1S/C18H14N2O5/c21-18(15-10-22-13-8-4-5-9-14(13)24-15)23-11-16-19-20-17(25-16)12-6-2-1-3-7-12/h1-9,15H,10-11H2/t15-/m1/s1. The zero-order valence-electron chi connectivity index (χ0n) is 13.1. The van der Waals surface area contributed by atoms with Crippen LogP contribution in [0.5, 0.6) is 11.5 Å². The van der Waals surface area contributed by atoms with Crippen LogP contribution in [-0.2, 0) is 16.1 Å². The molecule has 4 rings (SSSR count). The number of aromatic nitrogens is 2. The summed E-state index contributed by atoms with van der Waals surface area (Å²) in [7, 11) is 0. The van der Waals surface area contributed by atoms with Gasteiger partial charge >= 0.3 is 5.97 Å². The second-order valence-electron chi connectivity index (χ2n) is 5.34. The molecule has 0 bridgehead atoms. The zero-order valence-corrected chi connectivity index (χ0v) is 13.1. The molecule has 3 aromatic rings. The van der Waals surface area contributed by atoms with Gasteiger partial charge in [-0.2, -0.15) is 0 Å². The fraction of sp³-hybridized carbons (Fsp3) is 0.167. The summed E-state index contributed by atoms with van der Waals surface area (Å²) in [5, 5.41) is 7.82. The van der Waals surface area contributed by atoms with E-state index >= 15 is 0 Å². The van der Waals surface area contributed by atoms with Gasteiger partial charge in [-0.1, -0.05) is 30.3 Å². The SMILES string of the molecule is O=C(OCc1nnc(-c2ccccc2)o1)[C@H]1COc2ccccc2O1. The first-order valence-electron chi connectivity index (χ1n) is 7.72. The molecule has 126 valence electrons. The van der Waals surface area contributed by atoms with E-state index in [1.807, 2.05) is 36.4 Å². The summed E-state index contributed by atoms with van der Waals surface area (Å²) in [5.41, 5.74) is 0.799. The van der Waals surface area contributed by atoms with Gasteiger partial charge in [0, 0.05) is 5.56 Å². The second kappa shape index (κ2) is 6.64. The predicted octanol–water partition coefficient (Wildman–Crippen LogP) is 2.62. The lowest BCUT2D eigenvalue weighted by atomic mass is 10.2. The lowest BCUT2D eigenvalue weighted by Crippen LogP contribution is -2.37. The molecular weight excluding hydrogens is 324 g/mol. The molecule has 0 fully saturated rings. The molecule has 0 radical (unpaired) electrons. The molecule has 0 saturated heterocycles. The van der Waals surface area contributed by atoms with Gasteiger partial charge in [-0.3, -0.25) is 0 Å². The van der Waals surface area contributed by atoms with Crippen molar-refractivity contribution in [3.8, 4) is 23.0 Å². The lowest BCUT2D eigenvalue weighted by molar-refractivity contribution is -0.156. The molecule has 0 N–H and O–H groups in total. The molecule has 7 nitrogen and oxygen atoms in total. The van der Waals surface area contributed by atoms with E-state index in [0.29, 0.717) is 17.4 Å². The van der Waals surface area contributed by atoms with E-state index in [4.69, 9.17) is 18.6 Å². The molecule has 0 saturated carbocycles. The van der Waals surface area contributed by atoms with Crippen LogP contribution in [0, 0.1) is 0 Å². The number of esters is 1. The molecule has 2 aromatic carbocycles. The topological polar surface area (TPSA) is 83.7 Å². The highest BCUT2D eigenvalue weighted by atomic mass is 16.6. The van der Waals surface area contributed by atoms with Gasteiger partial charge in [0.2, 0.25) is 12.0 Å². The Morgan fingerprint density at radius 1 is 1.04 bits per heavy atom. The summed E-state index contributed by atoms with van der Waals surface area (Å²) in [5.74, 6) is 1.16. The van der Waals surface area contributed by atoms with Crippen molar-refractivity contribution in [1.82, 2.24) is 10.2 Å². The number of hydrogen-bond donors (Lipinski definition) is 0. The van der Waals surface area contributed by atoms with Gasteiger partial charge in [0.1, 0.15) is 6.61 Å². The van der Waals surface area contributed by atoms with Crippen molar-refractivity contribution in [2.75, 3.05) is 6.61 Å². The Hall–Kier alpha value is -3.35. The highest BCUT2D eigenvalue weighted by Crippen LogP contribution is 2.31. The highest BCUT2D eigenvalue weighted by Gasteiger charge is 2.29. The van der Waals surface area contributed by atoms with Gasteiger partial charge in [0.25, 0.3) is 5.89 Å². The van der Waals surface area contributed by atoms with Gasteiger partial charge in [0.05, 0.1) is 0 Å². The molecule has 1 aliphatic rings. The van der Waals surface area contributed by atoms with E-state index in [9.17, 15) is 4.79 Å². The molecule has 7 heteroatoms. The van der Waals surface area contributed by atoms with Gasteiger partial charge < -0.3 is 18.6 Å². The lowest BCUT2D eigenvalue weighted by Gasteiger charge is -2.24. The maximum absolute atomic E-state index is 12.1. The first-order chi connectivity index (χ1) is 12.3. The molecule has 0 aliphatic carbocycles. The van der Waals surface area contributed by atoms with Crippen LogP contribution in [0.15, 0.2) is 59.0 Å². The molecule has 2 heterocycles. The van der Waals surface area contributed by atoms with Crippen LogP contribution in [-0.4, -0.2) is 28.9 Å². The van der Waals surface area contributed by atoms with Crippen molar-refractivity contribution >= 4 is 5.97 Å². The normalized spacial score (nSPS) is 15.6. The molecule has 0 spiro atoms. The van der Waals surface area contributed by atoms with Crippen molar-refractivity contribution in [1.29, 1.82) is 0 Å². The number of para-hydroxylation sites is 2. The molecule has 0 amide bonds. The largest absolute Gasteiger partial charge is 0.485 e. The fourth-order valence-corrected chi connectivity index (χ4v) is 2.37. The number of ether oxygens (including phenoxy) is 3. The fourth-order valence-electron chi connectivity index (χ4n) is 2.37. The van der Waals surface area contributed by atoms with Crippen LogP contribution in [0.4, 0.5) is 0 Å². The minimum Gasteiger partial charge on any atom is -0.485 e. The van der Waals surface area contributed by atoms with Gasteiger partial charge in [-0.15, -0.1) is 10.2 Å². The predicted molar refractivity (Wildman–Crippen MR) is 85.9 cm³/mol. The van der Waals surface area contributed by atoms with Crippen molar-refractivity contribution in [2.24, 2.45) is 0 Å². The minimum absolute atomic E-state index is 0.0922. The average Bonchev–Trinajstić information content (AvgIpc) is 3.15. The van der Waals surface area contributed by atoms with E-state index in [2.05, 4.69) is 10.2 Å². The van der Waals surface area contributed by atoms with Crippen molar-refractivity contribution in [3.63, 3.8) is 0 Å². The second-order valence-corrected chi connectivity index (χ2v) is 5.34. The van der Waals surface area contributed by atoms with E-state index in [-0.39, 0.29) is 19.1 Å². The quantitative estimate of drug-likeness (QED) is 0.676. The summed E-state index contributed by atoms with van der Waals surface area (Å²) in [6.45, 7) is -0.0326. The third kappa shape index (κ3) is 3.30. The van der Waals surface area contributed by atoms with Crippen LogP contribution in [0.1, 0.15) is 5.89 Å². The van der Waals surface area contributed by atoms with Crippen molar-refractivity contribution < 1.29 is 23.4 Å². The zero-order chi connectivity index (χ0) is 17.1. The monoisotopic (exact) mass is 338 g/mol. The smallest absolute Gasteiger partial charge is 0.351 e.